The first-order valence-corrected chi connectivity index (χ1v) is 12.1. The quantitative estimate of drug-likeness (QED) is 0.209. The van der Waals surface area contributed by atoms with Crippen molar-refractivity contribution in [1.29, 1.82) is 0 Å². The van der Waals surface area contributed by atoms with Gasteiger partial charge in [0.25, 0.3) is 0 Å². The highest BCUT2D eigenvalue weighted by molar-refractivity contribution is 6.03. The highest BCUT2D eigenvalue weighted by Gasteiger charge is 2.18. The van der Waals surface area contributed by atoms with Crippen molar-refractivity contribution < 1.29 is 23.8 Å². The third-order valence-corrected chi connectivity index (χ3v) is 5.75. The maximum absolute atomic E-state index is 12.3. The fourth-order valence-electron chi connectivity index (χ4n) is 3.80. The van der Waals surface area contributed by atoms with Crippen LogP contribution in [0.5, 0.6) is 5.75 Å². The summed E-state index contributed by atoms with van der Waals surface area (Å²) in [7, 11) is 0. The van der Waals surface area contributed by atoms with E-state index in [0.717, 1.165) is 22.6 Å². The van der Waals surface area contributed by atoms with Gasteiger partial charge in [-0.2, -0.15) is 0 Å². The maximum Gasteiger partial charge on any atom is 0.326 e. The Kier molecular flexibility index (Phi) is 8.61. The van der Waals surface area contributed by atoms with Gasteiger partial charge in [-0.05, 0) is 43.7 Å². The molecule has 0 bridgehead atoms. The minimum Gasteiger partial charge on any atom is -0.493 e. The molecule has 4 aromatic rings. The number of hydrogen-bond donors (Lipinski definition) is 2. The Morgan fingerprint density at radius 1 is 1.11 bits per heavy atom. The lowest BCUT2D eigenvalue weighted by Crippen LogP contribution is -2.37. The molecule has 1 atom stereocenters. The molecule has 0 spiro atoms. The molecule has 194 valence electrons. The van der Waals surface area contributed by atoms with E-state index in [1.54, 1.807) is 19.1 Å². The van der Waals surface area contributed by atoms with Crippen molar-refractivity contribution >= 4 is 11.8 Å². The molecule has 0 saturated carbocycles. The second kappa shape index (κ2) is 12.4. The lowest BCUT2D eigenvalue weighted by Gasteiger charge is -2.16. The van der Waals surface area contributed by atoms with E-state index in [4.69, 9.17) is 9.15 Å². The van der Waals surface area contributed by atoms with E-state index in [0.29, 0.717) is 30.4 Å². The second-order valence-electron chi connectivity index (χ2n) is 8.65. The molecule has 9 heteroatoms. The largest absolute Gasteiger partial charge is 0.493 e. The average Bonchev–Trinajstić information content (AvgIpc) is 3.30. The molecule has 2 aromatic heterocycles. The van der Waals surface area contributed by atoms with E-state index in [9.17, 15) is 14.7 Å². The molecule has 0 aliphatic carbocycles. The molecule has 0 fully saturated rings. The molecule has 38 heavy (non-hydrogen) atoms. The van der Waals surface area contributed by atoms with Crippen LogP contribution in [0, 0.1) is 6.92 Å². The number of carbonyl (C=O) groups is 2. The summed E-state index contributed by atoms with van der Waals surface area (Å²) in [5.41, 5.74) is 3.19. The third kappa shape index (κ3) is 7.13. The van der Waals surface area contributed by atoms with Gasteiger partial charge in [0.05, 0.1) is 18.5 Å². The SMILES string of the molecule is C/C(=C\C(=O)c1cnccn1)N[C@@H](Cc1ccc(OCCc2nc(-c3ccccc3)oc2C)cc1)C(=O)O. The van der Waals surface area contributed by atoms with Gasteiger partial charge in [0, 0.05) is 42.6 Å². The number of nitrogens with one attached hydrogen (secondary N) is 1. The fraction of sp³-hybridized carbons (Fsp3) is 0.207. The van der Waals surface area contributed by atoms with Crippen LogP contribution >= 0.6 is 0 Å². The molecule has 9 nitrogen and oxygen atoms in total. The van der Waals surface area contributed by atoms with Gasteiger partial charge in [-0.25, -0.2) is 14.8 Å². The molecule has 2 N–H and O–H groups in total. The molecule has 2 heterocycles. The zero-order valence-corrected chi connectivity index (χ0v) is 21.1. The number of aromatic nitrogens is 3. The van der Waals surface area contributed by atoms with Crippen molar-refractivity contribution in [3.63, 3.8) is 0 Å². The van der Waals surface area contributed by atoms with Gasteiger partial charge in [-0.1, -0.05) is 30.3 Å². The number of ether oxygens (including phenoxy) is 1. The van der Waals surface area contributed by atoms with Gasteiger partial charge in [0.1, 0.15) is 23.2 Å². The van der Waals surface area contributed by atoms with E-state index < -0.39 is 12.0 Å². The van der Waals surface area contributed by atoms with Crippen molar-refractivity contribution in [2.24, 2.45) is 0 Å². The number of hydrogen-bond acceptors (Lipinski definition) is 8. The Labute approximate surface area is 220 Å². The van der Waals surface area contributed by atoms with Gasteiger partial charge in [-0.15, -0.1) is 0 Å². The summed E-state index contributed by atoms with van der Waals surface area (Å²) in [5, 5.41) is 12.6. The van der Waals surface area contributed by atoms with Gasteiger partial charge < -0.3 is 19.6 Å². The Morgan fingerprint density at radius 3 is 2.55 bits per heavy atom. The standard InChI is InChI=1S/C29H28N4O5/c1-19(16-27(34)26-18-30-13-14-31-26)32-25(29(35)36)17-21-8-10-23(11-9-21)37-15-12-24-20(2)38-28(33-24)22-6-4-3-5-7-22/h3-11,13-14,16,18,25,32H,12,15,17H2,1-2H3,(H,35,36)/b19-16+/t25-/m0/s1. The normalized spacial score (nSPS) is 12.1. The van der Waals surface area contributed by atoms with Crippen LogP contribution in [0.2, 0.25) is 0 Å². The number of ketones is 1. The Hall–Kier alpha value is -4.79. The number of aliphatic carboxylic acids is 1. The topological polar surface area (TPSA) is 127 Å². The van der Waals surface area contributed by atoms with E-state index in [2.05, 4.69) is 20.3 Å². The zero-order valence-electron chi connectivity index (χ0n) is 21.1. The van der Waals surface area contributed by atoms with Crippen molar-refractivity contribution in [3.8, 4) is 17.2 Å². The van der Waals surface area contributed by atoms with Crippen molar-refractivity contribution in [2.75, 3.05) is 6.61 Å². The summed E-state index contributed by atoms with van der Waals surface area (Å²) in [4.78, 5) is 36.5. The number of carbonyl (C=O) groups excluding carboxylic acids is 1. The smallest absolute Gasteiger partial charge is 0.326 e. The number of aryl methyl sites for hydroxylation is 1. The fourth-order valence-corrected chi connectivity index (χ4v) is 3.80. The number of rotatable bonds is 12. The minimum absolute atomic E-state index is 0.187. The van der Waals surface area contributed by atoms with Crippen LogP contribution < -0.4 is 10.1 Å². The monoisotopic (exact) mass is 512 g/mol. The molecule has 0 amide bonds. The Balaban J connectivity index is 1.30. The molecule has 2 aromatic carbocycles. The number of nitrogens with zero attached hydrogens (tertiary/aromatic N) is 3. The van der Waals surface area contributed by atoms with Crippen LogP contribution in [0.3, 0.4) is 0 Å². The van der Waals surface area contributed by atoms with Crippen molar-refractivity contribution in [1.82, 2.24) is 20.3 Å². The van der Waals surface area contributed by atoms with E-state index in [-0.39, 0.29) is 17.9 Å². The molecule has 0 saturated heterocycles. The first kappa shape index (κ1) is 26.3. The Bertz CT molecular complexity index is 1400. The van der Waals surface area contributed by atoms with E-state index in [1.807, 2.05) is 49.4 Å². The predicted molar refractivity (Wildman–Crippen MR) is 141 cm³/mol. The lowest BCUT2D eigenvalue weighted by atomic mass is 10.1. The molecule has 0 unspecified atom stereocenters. The van der Waals surface area contributed by atoms with E-state index in [1.165, 1.54) is 24.7 Å². The summed E-state index contributed by atoms with van der Waals surface area (Å²) in [5.74, 6) is 0.641. The summed E-state index contributed by atoms with van der Waals surface area (Å²) in [6.45, 7) is 3.95. The summed E-state index contributed by atoms with van der Waals surface area (Å²) in [6, 6.07) is 16.1. The van der Waals surface area contributed by atoms with Crippen LogP contribution in [0.25, 0.3) is 11.5 Å². The maximum atomic E-state index is 12.3. The molecular formula is C29H28N4O5. The Morgan fingerprint density at radius 2 is 1.87 bits per heavy atom. The highest BCUT2D eigenvalue weighted by atomic mass is 16.5. The van der Waals surface area contributed by atoms with Gasteiger partial charge in [0.2, 0.25) is 11.7 Å². The summed E-state index contributed by atoms with van der Waals surface area (Å²) < 4.78 is 11.7. The number of allylic oxidation sites excluding steroid dienone is 2. The van der Waals surface area contributed by atoms with Crippen molar-refractivity contribution in [2.45, 2.75) is 32.7 Å². The predicted octanol–water partition coefficient (Wildman–Crippen LogP) is 4.43. The van der Waals surface area contributed by atoms with Crippen LogP contribution in [-0.2, 0) is 17.6 Å². The number of carboxylic acids is 1. The molecular weight excluding hydrogens is 484 g/mol. The van der Waals surface area contributed by atoms with Crippen molar-refractivity contribution in [3.05, 3.63) is 108 Å². The highest BCUT2D eigenvalue weighted by Crippen LogP contribution is 2.22. The van der Waals surface area contributed by atoms with Gasteiger partial charge in [-0.3, -0.25) is 9.78 Å². The number of carboxylic acid groups (broad SMARTS) is 1. The zero-order chi connectivity index (χ0) is 26.9. The minimum atomic E-state index is -1.03. The number of oxazole rings is 1. The molecule has 0 aliphatic heterocycles. The van der Waals surface area contributed by atoms with E-state index >= 15 is 0 Å². The first-order valence-electron chi connectivity index (χ1n) is 12.1. The third-order valence-electron chi connectivity index (χ3n) is 5.75. The first-order chi connectivity index (χ1) is 18.4. The molecule has 4 rings (SSSR count). The van der Waals surface area contributed by atoms with Gasteiger partial charge in [0.15, 0.2) is 0 Å². The van der Waals surface area contributed by atoms with Crippen LogP contribution in [0.4, 0.5) is 0 Å². The second-order valence-corrected chi connectivity index (χ2v) is 8.65. The van der Waals surface area contributed by atoms with Gasteiger partial charge >= 0.3 is 5.97 Å². The number of benzene rings is 2. The molecule has 0 radical (unpaired) electrons. The lowest BCUT2D eigenvalue weighted by molar-refractivity contribution is -0.139. The average molecular weight is 513 g/mol. The van der Waals surface area contributed by atoms with Crippen LogP contribution in [-0.4, -0.2) is 44.5 Å². The summed E-state index contributed by atoms with van der Waals surface area (Å²) in [6.07, 6.45) is 6.39. The molecule has 0 aliphatic rings. The van der Waals surface area contributed by atoms with Crippen LogP contribution in [0.1, 0.15) is 34.4 Å². The summed E-state index contributed by atoms with van der Waals surface area (Å²) >= 11 is 0. The van der Waals surface area contributed by atoms with Crippen LogP contribution in [0.15, 0.2) is 89.4 Å².